The molecule has 0 saturated carbocycles. The van der Waals surface area contributed by atoms with Crippen LogP contribution >= 0.6 is 0 Å². The highest BCUT2D eigenvalue weighted by atomic mass is 16.3. The maximum absolute atomic E-state index is 5.71. The molecule has 0 amide bonds. The third-order valence-corrected chi connectivity index (χ3v) is 4.62. The molecule has 1 atom stereocenters. The summed E-state index contributed by atoms with van der Waals surface area (Å²) < 4.78 is 5.71. The Bertz CT molecular complexity index is 464. The molecule has 0 spiro atoms. The first-order valence-electron chi connectivity index (χ1n) is 6.35. The van der Waals surface area contributed by atoms with Gasteiger partial charge >= 0.3 is 0 Å². The fourth-order valence-electron chi connectivity index (χ4n) is 3.56. The van der Waals surface area contributed by atoms with E-state index in [2.05, 4.69) is 20.8 Å². The Balaban J connectivity index is 2.12. The van der Waals surface area contributed by atoms with E-state index in [0.717, 1.165) is 12.8 Å². The molecule has 0 bridgehead atoms. The number of rotatable bonds is 0. The summed E-state index contributed by atoms with van der Waals surface area (Å²) in [6.07, 6.45) is 8.17. The van der Waals surface area contributed by atoms with Crippen molar-refractivity contribution >= 4 is 0 Å². The molecule has 0 radical (unpaired) electrons. The number of hydrogen-bond acceptors (Lipinski definition) is 1. The zero-order valence-corrected chi connectivity index (χ0v) is 10.5. The van der Waals surface area contributed by atoms with E-state index in [1.54, 1.807) is 11.1 Å². The van der Waals surface area contributed by atoms with Gasteiger partial charge in [0, 0.05) is 12.0 Å². The maximum atomic E-state index is 5.71. The first-order chi connectivity index (χ1) is 7.60. The highest BCUT2D eigenvalue weighted by molar-refractivity contribution is 5.41. The van der Waals surface area contributed by atoms with Crippen molar-refractivity contribution in [3.63, 3.8) is 0 Å². The molecule has 16 heavy (non-hydrogen) atoms. The van der Waals surface area contributed by atoms with Crippen LogP contribution in [0.2, 0.25) is 0 Å². The molecule has 1 unspecified atom stereocenters. The molecule has 0 fully saturated rings. The molecule has 0 aliphatic heterocycles. The number of fused-ring (bicyclic) bond motifs is 2. The Morgan fingerprint density at radius 3 is 2.94 bits per heavy atom. The lowest BCUT2D eigenvalue weighted by Gasteiger charge is -2.40. The second-order valence-corrected chi connectivity index (χ2v) is 5.85. The van der Waals surface area contributed by atoms with Gasteiger partial charge in [-0.25, -0.2) is 0 Å². The third-order valence-electron chi connectivity index (χ3n) is 4.62. The van der Waals surface area contributed by atoms with Gasteiger partial charge in [-0.3, -0.25) is 0 Å². The zero-order valence-electron chi connectivity index (χ0n) is 10.5. The molecule has 1 heterocycles. The van der Waals surface area contributed by atoms with Crippen molar-refractivity contribution in [2.24, 2.45) is 5.41 Å². The Morgan fingerprint density at radius 2 is 2.12 bits per heavy atom. The topological polar surface area (TPSA) is 13.1 Å². The molecule has 86 valence electrons. The summed E-state index contributed by atoms with van der Waals surface area (Å²) in [6.45, 7) is 6.92. The van der Waals surface area contributed by atoms with Crippen molar-refractivity contribution < 1.29 is 4.42 Å². The predicted molar refractivity (Wildman–Crippen MR) is 65.5 cm³/mol. The molecule has 1 heteroatoms. The smallest absolute Gasteiger partial charge is 0.108 e. The van der Waals surface area contributed by atoms with Crippen molar-refractivity contribution in [2.75, 3.05) is 0 Å². The molecule has 1 aromatic heterocycles. The summed E-state index contributed by atoms with van der Waals surface area (Å²) in [4.78, 5) is 0. The fraction of sp³-hybridized carbons (Fsp3) is 0.600. The van der Waals surface area contributed by atoms with Crippen molar-refractivity contribution in [3.8, 4) is 0 Å². The minimum atomic E-state index is 0.389. The van der Waals surface area contributed by atoms with Crippen LogP contribution in [0.5, 0.6) is 0 Å². The summed E-state index contributed by atoms with van der Waals surface area (Å²) in [5, 5.41) is 0. The lowest BCUT2D eigenvalue weighted by molar-refractivity contribution is 0.283. The molecule has 0 N–H and O–H groups in total. The average Bonchev–Trinajstić information content (AvgIpc) is 2.57. The van der Waals surface area contributed by atoms with Gasteiger partial charge < -0.3 is 4.42 Å². The summed E-state index contributed by atoms with van der Waals surface area (Å²) in [7, 11) is 0. The Labute approximate surface area is 97.5 Å². The SMILES string of the molecule is CC1=C2Cc3c(C)coc3CC2(C)CCC1. The third kappa shape index (κ3) is 1.30. The van der Waals surface area contributed by atoms with E-state index in [9.17, 15) is 0 Å². The van der Waals surface area contributed by atoms with Gasteiger partial charge in [-0.05, 0) is 50.5 Å². The molecule has 0 saturated heterocycles. The minimum absolute atomic E-state index is 0.389. The molecule has 1 nitrogen and oxygen atoms in total. The van der Waals surface area contributed by atoms with Gasteiger partial charge in [0.1, 0.15) is 5.76 Å². The second-order valence-electron chi connectivity index (χ2n) is 5.85. The van der Waals surface area contributed by atoms with Crippen LogP contribution in [0.1, 0.15) is 50.0 Å². The minimum Gasteiger partial charge on any atom is -0.469 e. The summed E-state index contributed by atoms with van der Waals surface area (Å²) in [5.74, 6) is 1.25. The Kier molecular flexibility index (Phi) is 2.07. The van der Waals surface area contributed by atoms with E-state index in [1.807, 2.05) is 6.26 Å². The monoisotopic (exact) mass is 216 g/mol. The van der Waals surface area contributed by atoms with Crippen molar-refractivity contribution in [2.45, 2.75) is 52.9 Å². The number of allylic oxidation sites excluding steroid dienone is 2. The fourth-order valence-corrected chi connectivity index (χ4v) is 3.56. The average molecular weight is 216 g/mol. The van der Waals surface area contributed by atoms with E-state index in [0.29, 0.717) is 5.41 Å². The van der Waals surface area contributed by atoms with Crippen LogP contribution in [-0.2, 0) is 12.8 Å². The lowest BCUT2D eigenvalue weighted by Crippen LogP contribution is -2.31. The van der Waals surface area contributed by atoms with E-state index in [-0.39, 0.29) is 0 Å². The van der Waals surface area contributed by atoms with Crippen LogP contribution in [0, 0.1) is 12.3 Å². The number of hydrogen-bond donors (Lipinski definition) is 0. The Morgan fingerprint density at radius 1 is 1.31 bits per heavy atom. The van der Waals surface area contributed by atoms with Gasteiger partial charge in [0.05, 0.1) is 6.26 Å². The molecule has 2 aliphatic rings. The van der Waals surface area contributed by atoms with Gasteiger partial charge in [-0.15, -0.1) is 0 Å². The summed E-state index contributed by atoms with van der Waals surface area (Å²) >= 11 is 0. The molecule has 1 aromatic rings. The Hall–Kier alpha value is -0.980. The highest BCUT2D eigenvalue weighted by Gasteiger charge is 2.39. The van der Waals surface area contributed by atoms with Crippen molar-refractivity contribution in [3.05, 3.63) is 34.3 Å². The lowest BCUT2D eigenvalue weighted by atomic mass is 9.64. The molecule has 0 aromatic carbocycles. The first kappa shape index (κ1) is 10.2. The maximum Gasteiger partial charge on any atom is 0.108 e. The van der Waals surface area contributed by atoms with E-state index in [1.165, 1.54) is 36.1 Å². The molecular weight excluding hydrogens is 196 g/mol. The van der Waals surface area contributed by atoms with Gasteiger partial charge in [-0.2, -0.15) is 0 Å². The van der Waals surface area contributed by atoms with Crippen LogP contribution in [-0.4, -0.2) is 0 Å². The quantitative estimate of drug-likeness (QED) is 0.592. The van der Waals surface area contributed by atoms with Crippen LogP contribution in [0.25, 0.3) is 0 Å². The van der Waals surface area contributed by atoms with Gasteiger partial charge in [0.25, 0.3) is 0 Å². The van der Waals surface area contributed by atoms with Crippen LogP contribution in [0.3, 0.4) is 0 Å². The van der Waals surface area contributed by atoms with Gasteiger partial charge in [0.15, 0.2) is 0 Å². The van der Waals surface area contributed by atoms with Gasteiger partial charge in [-0.1, -0.05) is 18.1 Å². The van der Waals surface area contributed by atoms with Crippen LogP contribution in [0.15, 0.2) is 21.8 Å². The molecular formula is C15H20O. The van der Waals surface area contributed by atoms with E-state index < -0.39 is 0 Å². The van der Waals surface area contributed by atoms with Gasteiger partial charge in [0.2, 0.25) is 0 Å². The second kappa shape index (κ2) is 3.26. The standard InChI is InChI=1S/C15H20O/c1-10-5-4-6-15(3)8-14-12(7-13(10)15)11(2)9-16-14/h9H,4-8H2,1-3H3. The van der Waals surface area contributed by atoms with E-state index >= 15 is 0 Å². The highest BCUT2D eigenvalue weighted by Crippen LogP contribution is 2.48. The predicted octanol–water partition coefficient (Wildman–Crippen LogP) is 4.19. The zero-order chi connectivity index (χ0) is 11.3. The van der Waals surface area contributed by atoms with Crippen LogP contribution < -0.4 is 0 Å². The normalized spacial score (nSPS) is 28.9. The van der Waals surface area contributed by atoms with Crippen molar-refractivity contribution in [1.82, 2.24) is 0 Å². The first-order valence-corrected chi connectivity index (χ1v) is 6.35. The number of aryl methyl sites for hydroxylation is 1. The molecule has 2 aliphatic carbocycles. The summed E-state index contributed by atoms with van der Waals surface area (Å²) in [5.41, 5.74) is 6.53. The van der Waals surface area contributed by atoms with E-state index in [4.69, 9.17) is 4.42 Å². The number of furan rings is 1. The summed E-state index contributed by atoms with van der Waals surface area (Å²) in [6, 6.07) is 0. The van der Waals surface area contributed by atoms with Crippen molar-refractivity contribution in [1.29, 1.82) is 0 Å². The van der Waals surface area contributed by atoms with Crippen LogP contribution in [0.4, 0.5) is 0 Å². The largest absolute Gasteiger partial charge is 0.469 e. The molecule has 3 rings (SSSR count).